The van der Waals surface area contributed by atoms with Gasteiger partial charge in [-0.1, -0.05) is 30.3 Å². The Morgan fingerprint density at radius 2 is 1.58 bits per heavy atom. The van der Waals surface area contributed by atoms with Gasteiger partial charge in [0.05, 0.1) is 12.0 Å². The number of hydrogen-bond donors (Lipinski definition) is 0. The molecule has 0 aromatic heterocycles. The molecule has 0 saturated carbocycles. The van der Waals surface area contributed by atoms with E-state index in [9.17, 15) is 14.0 Å². The first-order chi connectivity index (χ1) is 12.5. The lowest BCUT2D eigenvalue weighted by Gasteiger charge is -2.35. The largest absolute Gasteiger partial charge is 0.339 e. The number of rotatable bonds is 3. The molecule has 2 aromatic carbocycles. The van der Waals surface area contributed by atoms with Gasteiger partial charge in [0, 0.05) is 26.2 Å². The lowest BCUT2D eigenvalue weighted by atomic mass is 10.0. The second-order valence-corrected chi connectivity index (χ2v) is 6.75. The number of carbonyl (C=O) groups is 2. The molecule has 1 saturated heterocycles. The van der Waals surface area contributed by atoms with Gasteiger partial charge in [0.15, 0.2) is 0 Å². The highest BCUT2D eigenvalue weighted by atomic mass is 19.1. The molecule has 1 aliphatic heterocycles. The van der Waals surface area contributed by atoms with Gasteiger partial charge in [-0.25, -0.2) is 4.39 Å². The van der Waals surface area contributed by atoms with Crippen molar-refractivity contribution in [3.05, 3.63) is 70.5 Å². The Balaban J connectivity index is 1.57. The zero-order valence-electron chi connectivity index (χ0n) is 15.2. The maximum Gasteiger partial charge on any atom is 0.256 e. The van der Waals surface area contributed by atoms with Crippen molar-refractivity contribution in [2.75, 3.05) is 26.2 Å². The second kappa shape index (κ2) is 7.68. The average Bonchev–Trinajstić information content (AvgIpc) is 2.65. The summed E-state index contributed by atoms with van der Waals surface area (Å²) in [4.78, 5) is 28.4. The summed E-state index contributed by atoms with van der Waals surface area (Å²) in [6.45, 7) is 5.88. The van der Waals surface area contributed by atoms with Crippen LogP contribution in [-0.2, 0) is 11.2 Å². The summed E-state index contributed by atoms with van der Waals surface area (Å²) in [5.74, 6) is -0.763. The van der Waals surface area contributed by atoms with Gasteiger partial charge in [-0.2, -0.15) is 0 Å². The van der Waals surface area contributed by atoms with Crippen LogP contribution in [0, 0.1) is 19.7 Å². The molecule has 136 valence electrons. The van der Waals surface area contributed by atoms with Crippen molar-refractivity contribution in [2.45, 2.75) is 20.3 Å². The molecule has 1 aliphatic rings. The third-order valence-electron chi connectivity index (χ3n) is 4.95. The summed E-state index contributed by atoms with van der Waals surface area (Å²) < 4.78 is 13.8. The van der Waals surface area contributed by atoms with Crippen LogP contribution in [0.1, 0.15) is 27.0 Å². The Kier molecular flexibility index (Phi) is 5.35. The number of aryl methyl sites for hydroxylation is 2. The highest BCUT2D eigenvalue weighted by Crippen LogP contribution is 2.14. The minimum atomic E-state index is -0.509. The Bertz CT molecular complexity index is 827. The van der Waals surface area contributed by atoms with E-state index in [2.05, 4.69) is 0 Å². The first kappa shape index (κ1) is 18.1. The lowest BCUT2D eigenvalue weighted by molar-refractivity contribution is -0.131. The van der Waals surface area contributed by atoms with Crippen LogP contribution in [-0.4, -0.2) is 47.8 Å². The predicted molar refractivity (Wildman–Crippen MR) is 98.5 cm³/mol. The number of nitrogens with zero attached hydrogens (tertiary/aromatic N) is 2. The number of carbonyl (C=O) groups excluding carboxylic acids is 2. The Hall–Kier alpha value is -2.69. The van der Waals surface area contributed by atoms with Crippen molar-refractivity contribution in [3.8, 4) is 0 Å². The Morgan fingerprint density at radius 1 is 0.923 bits per heavy atom. The van der Waals surface area contributed by atoms with Crippen LogP contribution in [0.3, 0.4) is 0 Å². The van der Waals surface area contributed by atoms with E-state index >= 15 is 0 Å². The summed E-state index contributed by atoms with van der Waals surface area (Å²) in [5.41, 5.74) is 3.47. The normalized spacial score (nSPS) is 14.4. The fourth-order valence-electron chi connectivity index (χ4n) is 3.16. The molecule has 1 heterocycles. The Morgan fingerprint density at radius 3 is 2.23 bits per heavy atom. The maximum absolute atomic E-state index is 13.8. The van der Waals surface area contributed by atoms with Gasteiger partial charge in [-0.3, -0.25) is 9.59 Å². The molecule has 0 unspecified atom stereocenters. The van der Waals surface area contributed by atoms with Gasteiger partial charge in [-0.05, 0) is 42.7 Å². The smallest absolute Gasteiger partial charge is 0.256 e. The zero-order valence-corrected chi connectivity index (χ0v) is 15.2. The van der Waals surface area contributed by atoms with Gasteiger partial charge >= 0.3 is 0 Å². The van der Waals surface area contributed by atoms with Crippen LogP contribution >= 0.6 is 0 Å². The quantitative estimate of drug-likeness (QED) is 0.850. The van der Waals surface area contributed by atoms with E-state index < -0.39 is 5.82 Å². The van der Waals surface area contributed by atoms with Gasteiger partial charge in [-0.15, -0.1) is 0 Å². The van der Waals surface area contributed by atoms with Crippen molar-refractivity contribution >= 4 is 11.8 Å². The zero-order chi connectivity index (χ0) is 18.7. The van der Waals surface area contributed by atoms with Crippen molar-refractivity contribution < 1.29 is 14.0 Å². The van der Waals surface area contributed by atoms with Crippen molar-refractivity contribution in [2.24, 2.45) is 0 Å². The predicted octanol–water partition coefficient (Wildman–Crippen LogP) is 2.97. The fraction of sp³-hybridized carbons (Fsp3) is 0.333. The number of amides is 2. The van der Waals surface area contributed by atoms with E-state index in [1.807, 2.05) is 32.0 Å². The highest BCUT2D eigenvalue weighted by molar-refractivity contribution is 5.94. The van der Waals surface area contributed by atoms with Crippen LogP contribution in [0.5, 0.6) is 0 Å². The first-order valence-corrected chi connectivity index (χ1v) is 8.83. The molecule has 0 bridgehead atoms. The van der Waals surface area contributed by atoms with Crippen molar-refractivity contribution in [3.63, 3.8) is 0 Å². The molecule has 0 radical (unpaired) electrons. The molecule has 0 aliphatic carbocycles. The number of piperazine rings is 1. The van der Waals surface area contributed by atoms with Crippen LogP contribution in [0.4, 0.5) is 4.39 Å². The lowest BCUT2D eigenvalue weighted by Crippen LogP contribution is -2.51. The van der Waals surface area contributed by atoms with Crippen molar-refractivity contribution in [1.82, 2.24) is 9.80 Å². The number of hydrogen-bond acceptors (Lipinski definition) is 2. The maximum atomic E-state index is 13.8. The summed E-state index contributed by atoms with van der Waals surface area (Å²) in [7, 11) is 0. The van der Waals surface area contributed by atoms with Crippen LogP contribution in [0.15, 0.2) is 42.5 Å². The molecule has 2 amide bonds. The number of benzene rings is 2. The van der Waals surface area contributed by atoms with Gasteiger partial charge in [0.2, 0.25) is 5.91 Å². The molecule has 2 aromatic rings. The molecule has 26 heavy (non-hydrogen) atoms. The van der Waals surface area contributed by atoms with Gasteiger partial charge in [0.1, 0.15) is 5.82 Å². The Labute approximate surface area is 153 Å². The SMILES string of the molecule is Cc1ccc(CC(=O)N2CCN(C(=O)c3ccccc3F)CC2)cc1C. The van der Waals surface area contributed by atoms with Crippen LogP contribution in [0.2, 0.25) is 0 Å². The van der Waals surface area contributed by atoms with E-state index in [-0.39, 0.29) is 17.4 Å². The van der Waals surface area contributed by atoms with E-state index in [1.54, 1.807) is 21.9 Å². The highest BCUT2D eigenvalue weighted by Gasteiger charge is 2.26. The van der Waals surface area contributed by atoms with E-state index in [0.717, 1.165) is 5.56 Å². The molecule has 0 spiro atoms. The third kappa shape index (κ3) is 3.93. The van der Waals surface area contributed by atoms with Gasteiger partial charge < -0.3 is 9.80 Å². The topological polar surface area (TPSA) is 40.6 Å². The van der Waals surface area contributed by atoms with E-state index in [1.165, 1.54) is 23.3 Å². The molecule has 3 rings (SSSR count). The molecule has 1 fully saturated rings. The summed E-state index contributed by atoms with van der Waals surface area (Å²) in [6.07, 6.45) is 0.363. The minimum Gasteiger partial charge on any atom is -0.339 e. The third-order valence-corrected chi connectivity index (χ3v) is 4.95. The standard InChI is InChI=1S/C21H23FN2O2/c1-15-7-8-17(13-16(15)2)14-20(25)23-9-11-24(12-10-23)21(26)18-5-3-4-6-19(18)22/h3-8,13H,9-12,14H2,1-2H3. The molecule has 4 nitrogen and oxygen atoms in total. The number of halogens is 1. The minimum absolute atomic E-state index is 0.0613. The molecule has 0 atom stereocenters. The van der Waals surface area contributed by atoms with E-state index in [0.29, 0.717) is 32.6 Å². The molecular formula is C21H23FN2O2. The van der Waals surface area contributed by atoms with Crippen molar-refractivity contribution in [1.29, 1.82) is 0 Å². The summed E-state index contributed by atoms with van der Waals surface area (Å²) in [5, 5.41) is 0. The van der Waals surface area contributed by atoms with E-state index in [4.69, 9.17) is 0 Å². The first-order valence-electron chi connectivity index (χ1n) is 8.83. The van der Waals surface area contributed by atoms with Gasteiger partial charge in [0.25, 0.3) is 5.91 Å². The van der Waals surface area contributed by atoms with Crippen LogP contribution in [0.25, 0.3) is 0 Å². The van der Waals surface area contributed by atoms with Crippen LogP contribution < -0.4 is 0 Å². The molecule has 5 heteroatoms. The summed E-state index contributed by atoms with van der Waals surface area (Å²) in [6, 6.07) is 12.1. The molecule has 0 N–H and O–H groups in total. The fourth-order valence-corrected chi connectivity index (χ4v) is 3.16. The summed E-state index contributed by atoms with van der Waals surface area (Å²) >= 11 is 0. The second-order valence-electron chi connectivity index (χ2n) is 6.75. The average molecular weight is 354 g/mol. The monoisotopic (exact) mass is 354 g/mol. The molecular weight excluding hydrogens is 331 g/mol.